The van der Waals surface area contributed by atoms with Gasteiger partial charge in [-0.3, -0.25) is 0 Å². The van der Waals surface area contributed by atoms with Crippen LogP contribution in [0.2, 0.25) is 0 Å². The third-order valence-electron chi connectivity index (χ3n) is 6.41. The molecule has 2 fully saturated rings. The molecule has 2 aromatic rings. The van der Waals surface area contributed by atoms with Crippen LogP contribution in [0.3, 0.4) is 0 Å². The van der Waals surface area contributed by atoms with Crippen molar-refractivity contribution in [2.45, 2.75) is 51.1 Å². The van der Waals surface area contributed by atoms with E-state index in [0.29, 0.717) is 0 Å². The van der Waals surface area contributed by atoms with E-state index in [-0.39, 0.29) is 7.92 Å². The lowest BCUT2D eigenvalue weighted by molar-refractivity contribution is 0.284. The zero-order valence-corrected chi connectivity index (χ0v) is 15.7. The number of rotatable bonds is 4. The molecular weight excluding hydrogens is 307 g/mol. The van der Waals surface area contributed by atoms with Crippen molar-refractivity contribution < 1.29 is 0 Å². The second-order valence-electron chi connectivity index (χ2n) is 7.78. The Labute approximate surface area is 148 Å². The zero-order valence-electron chi connectivity index (χ0n) is 14.8. The number of hydrogen-bond acceptors (Lipinski definition) is 0. The van der Waals surface area contributed by atoms with Crippen molar-refractivity contribution in [1.29, 1.82) is 0 Å². The van der Waals surface area contributed by atoms with Gasteiger partial charge in [0.15, 0.2) is 0 Å². The minimum atomic E-state index is -0.226. The van der Waals surface area contributed by atoms with Crippen molar-refractivity contribution in [2.75, 3.05) is 0 Å². The minimum absolute atomic E-state index is 0.226. The van der Waals surface area contributed by atoms with E-state index in [9.17, 15) is 0 Å². The zero-order chi connectivity index (χ0) is 16.4. The van der Waals surface area contributed by atoms with Gasteiger partial charge in [0, 0.05) is 0 Å². The van der Waals surface area contributed by atoms with Crippen LogP contribution in [-0.4, -0.2) is 5.66 Å². The van der Waals surface area contributed by atoms with Crippen molar-refractivity contribution in [1.82, 2.24) is 0 Å². The quantitative estimate of drug-likeness (QED) is 0.626. The van der Waals surface area contributed by atoms with E-state index in [2.05, 4.69) is 67.6 Å². The van der Waals surface area contributed by atoms with Crippen LogP contribution in [0.25, 0.3) is 0 Å². The molecule has 0 N–H and O–H groups in total. The molecule has 0 heterocycles. The monoisotopic (exact) mass is 336 g/mol. The third kappa shape index (κ3) is 3.18. The summed E-state index contributed by atoms with van der Waals surface area (Å²) in [5.41, 5.74) is 0.885. The van der Waals surface area contributed by atoms with Crippen LogP contribution in [0.15, 0.2) is 60.7 Å². The van der Waals surface area contributed by atoms with Gasteiger partial charge >= 0.3 is 0 Å². The van der Waals surface area contributed by atoms with Crippen molar-refractivity contribution in [2.24, 2.45) is 17.8 Å². The smallest absolute Gasteiger partial charge is 0.00977 e. The van der Waals surface area contributed by atoms with Crippen LogP contribution < -0.4 is 10.6 Å². The van der Waals surface area contributed by atoms with Gasteiger partial charge in [-0.25, -0.2) is 0 Å². The fraction of sp³-hybridized carbons (Fsp3) is 0.478. The van der Waals surface area contributed by atoms with Crippen LogP contribution >= 0.6 is 7.92 Å². The topological polar surface area (TPSA) is 0 Å². The van der Waals surface area contributed by atoms with E-state index in [0.717, 1.165) is 23.4 Å². The summed E-state index contributed by atoms with van der Waals surface area (Å²) in [6.45, 7) is 2.51. The van der Waals surface area contributed by atoms with E-state index >= 15 is 0 Å². The molecule has 0 amide bonds. The van der Waals surface area contributed by atoms with Gasteiger partial charge in [0.25, 0.3) is 0 Å². The van der Waals surface area contributed by atoms with Crippen molar-refractivity contribution in [3.8, 4) is 0 Å². The molecule has 1 heteroatoms. The fourth-order valence-corrected chi connectivity index (χ4v) is 8.55. The molecule has 0 aliphatic heterocycles. The first-order chi connectivity index (χ1) is 11.8. The highest BCUT2D eigenvalue weighted by Crippen LogP contribution is 2.55. The molecule has 0 bridgehead atoms. The summed E-state index contributed by atoms with van der Waals surface area (Å²) in [6.07, 6.45) is 8.75. The second-order valence-corrected chi connectivity index (χ2v) is 10.2. The summed E-state index contributed by atoms with van der Waals surface area (Å²) in [5.74, 6) is 2.88. The van der Waals surface area contributed by atoms with E-state index in [1.807, 2.05) is 0 Å². The predicted octanol–water partition coefficient (Wildman–Crippen LogP) is 5.72. The van der Waals surface area contributed by atoms with E-state index < -0.39 is 0 Å². The molecule has 2 aromatic carbocycles. The highest BCUT2D eigenvalue weighted by molar-refractivity contribution is 7.73. The van der Waals surface area contributed by atoms with Gasteiger partial charge in [-0.1, -0.05) is 86.8 Å². The average Bonchev–Trinajstić information content (AvgIpc) is 3.26. The molecule has 0 radical (unpaired) electrons. The molecule has 0 nitrogen and oxygen atoms in total. The van der Waals surface area contributed by atoms with Crippen LogP contribution in [0.5, 0.6) is 0 Å². The molecule has 0 saturated heterocycles. The molecule has 2 aliphatic rings. The molecule has 24 heavy (non-hydrogen) atoms. The predicted molar refractivity (Wildman–Crippen MR) is 107 cm³/mol. The highest BCUT2D eigenvalue weighted by Gasteiger charge is 2.42. The Kier molecular flexibility index (Phi) is 5.04. The minimum Gasteiger partial charge on any atom is -0.0622 e. The van der Waals surface area contributed by atoms with E-state index in [1.54, 1.807) is 10.6 Å². The first-order valence-corrected chi connectivity index (χ1v) is 11.1. The summed E-state index contributed by atoms with van der Waals surface area (Å²) in [4.78, 5) is 0. The normalized spacial score (nSPS) is 30.1. The highest BCUT2D eigenvalue weighted by atomic mass is 31.1. The van der Waals surface area contributed by atoms with Crippen molar-refractivity contribution in [3.05, 3.63) is 60.7 Å². The van der Waals surface area contributed by atoms with Gasteiger partial charge in [0.05, 0.1) is 0 Å². The Morgan fingerprint density at radius 3 is 1.75 bits per heavy atom. The van der Waals surface area contributed by atoms with E-state index in [4.69, 9.17) is 0 Å². The molecule has 2 saturated carbocycles. The molecule has 0 spiro atoms. The van der Waals surface area contributed by atoms with Gasteiger partial charge in [0.1, 0.15) is 0 Å². The maximum Gasteiger partial charge on any atom is -0.00977 e. The average molecular weight is 336 g/mol. The van der Waals surface area contributed by atoms with Gasteiger partial charge in [-0.2, -0.15) is 0 Å². The van der Waals surface area contributed by atoms with Gasteiger partial charge in [-0.15, -0.1) is 0 Å². The van der Waals surface area contributed by atoms with Crippen molar-refractivity contribution >= 4 is 18.5 Å². The van der Waals surface area contributed by atoms with Crippen LogP contribution in [0.1, 0.15) is 45.4 Å². The summed E-state index contributed by atoms with van der Waals surface area (Å²) < 4.78 is 0. The molecule has 0 unspecified atom stereocenters. The fourth-order valence-electron chi connectivity index (χ4n) is 5.31. The Balaban J connectivity index is 1.70. The molecule has 4 atom stereocenters. The van der Waals surface area contributed by atoms with Gasteiger partial charge in [0.2, 0.25) is 0 Å². The lowest BCUT2D eigenvalue weighted by Crippen LogP contribution is -2.29. The maximum absolute atomic E-state index is 2.51. The SMILES string of the molecule is C[C@@H]1CCC[C@H]1[C@H]1CCC[C@H]1P(c1ccccc1)c1ccccc1. The summed E-state index contributed by atoms with van der Waals surface area (Å²) in [7, 11) is -0.226. The first kappa shape index (κ1) is 16.3. The summed E-state index contributed by atoms with van der Waals surface area (Å²) >= 11 is 0. The summed E-state index contributed by atoms with van der Waals surface area (Å²) in [5, 5.41) is 3.17. The Bertz CT molecular complexity index is 596. The first-order valence-electron chi connectivity index (χ1n) is 9.74. The second kappa shape index (κ2) is 7.40. The maximum atomic E-state index is 2.51. The standard InChI is InChI=1S/C23H29P/c1-18-10-8-15-21(18)22-16-9-17-23(22)24(19-11-4-2-5-12-19)20-13-6-3-7-14-20/h2-7,11-14,18,21-23H,8-10,15-17H2,1H3/t18-,21-,22-,23-/m1/s1. The number of benzene rings is 2. The molecule has 4 rings (SSSR count). The lowest BCUT2D eigenvalue weighted by Gasteiger charge is -2.35. The third-order valence-corrected chi connectivity index (χ3v) is 9.42. The van der Waals surface area contributed by atoms with Crippen LogP contribution in [0, 0.1) is 17.8 Å². The van der Waals surface area contributed by atoms with E-state index in [1.165, 1.54) is 38.5 Å². The Hall–Kier alpha value is -1.13. The molecular formula is C23H29P. The van der Waals surface area contributed by atoms with Gasteiger partial charge in [-0.05, 0) is 61.2 Å². The largest absolute Gasteiger partial charge is 0.0622 e. The van der Waals surface area contributed by atoms with Crippen molar-refractivity contribution in [3.63, 3.8) is 0 Å². The molecule has 126 valence electrons. The molecule has 0 aromatic heterocycles. The molecule has 2 aliphatic carbocycles. The number of hydrogen-bond donors (Lipinski definition) is 0. The Morgan fingerprint density at radius 1 is 0.667 bits per heavy atom. The van der Waals surface area contributed by atoms with Gasteiger partial charge < -0.3 is 0 Å². The van der Waals surface area contributed by atoms with Crippen LogP contribution in [0.4, 0.5) is 0 Å². The Morgan fingerprint density at radius 2 is 1.21 bits per heavy atom. The lowest BCUT2D eigenvalue weighted by atomic mass is 9.83. The van der Waals surface area contributed by atoms with Crippen LogP contribution in [-0.2, 0) is 0 Å². The summed E-state index contributed by atoms with van der Waals surface area (Å²) in [6, 6.07) is 22.8.